The lowest BCUT2D eigenvalue weighted by atomic mass is 10.3. The molecule has 23 heavy (non-hydrogen) atoms. The molecular weight excluding hydrogens is 320 g/mol. The summed E-state index contributed by atoms with van der Waals surface area (Å²) >= 11 is 0. The normalized spacial score (nSPS) is 19.8. The molecular formula is C14H20N4O4S. The van der Waals surface area contributed by atoms with E-state index in [9.17, 15) is 18.0 Å². The van der Waals surface area contributed by atoms with Gasteiger partial charge in [0.2, 0.25) is 15.9 Å². The van der Waals surface area contributed by atoms with Gasteiger partial charge < -0.3 is 15.2 Å². The first-order valence-corrected chi connectivity index (χ1v) is 9.00. The largest absolute Gasteiger partial charge is 0.364 e. The van der Waals surface area contributed by atoms with Crippen molar-refractivity contribution in [1.82, 2.24) is 13.8 Å². The highest BCUT2D eigenvalue weighted by atomic mass is 32.2. The smallest absolute Gasteiger partial charge is 0.265 e. The number of aromatic nitrogens is 1. The first-order chi connectivity index (χ1) is 10.8. The van der Waals surface area contributed by atoms with Gasteiger partial charge in [0.05, 0.1) is 0 Å². The fourth-order valence-corrected chi connectivity index (χ4v) is 4.30. The Bertz CT molecular complexity index is 743. The van der Waals surface area contributed by atoms with Crippen molar-refractivity contribution in [2.45, 2.75) is 17.7 Å². The van der Waals surface area contributed by atoms with Crippen LogP contribution in [0.5, 0.6) is 0 Å². The molecule has 0 bridgehead atoms. The molecule has 1 aliphatic heterocycles. The van der Waals surface area contributed by atoms with E-state index in [0.29, 0.717) is 13.1 Å². The van der Waals surface area contributed by atoms with Gasteiger partial charge in [-0.25, -0.2) is 8.42 Å². The van der Waals surface area contributed by atoms with Crippen molar-refractivity contribution in [3.05, 3.63) is 18.0 Å². The summed E-state index contributed by atoms with van der Waals surface area (Å²) in [7, 11) is -2.11. The van der Waals surface area contributed by atoms with Gasteiger partial charge in [0.1, 0.15) is 10.6 Å². The Labute approximate surface area is 134 Å². The Kier molecular flexibility index (Phi) is 3.93. The monoisotopic (exact) mass is 340 g/mol. The van der Waals surface area contributed by atoms with Crippen molar-refractivity contribution >= 4 is 21.8 Å². The van der Waals surface area contributed by atoms with Gasteiger partial charge in [-0.15, -0.1) is 0 Å². The number of piperazine rings is 1. The van der Waals surface area contributed by atoms with Gasteiger partial charge in [-0.1, -0.05) is 0 Å². The van der Waals surface area contributed by atoms with E-state index in [1.807, 2.05) is 0 Å². The van der Waals surface area contributed by atoms with E-state index >= 15 is 0 Å². The van der Waals surface area contributed by atoms with Crippen molar-refractivity contribution in [2.24, 2.45) is 18.7 Å². The average molecular weight is 340 g/mol. The minimum atomic E-state index is -3.68. The SMILES string of the molecule is Cn1cc(S(=O)(=O)N2CCN(C(=O)C3CC3)CC2)cc1C(N)=O. The van der Waals surface area contributed by atoms with Gasteiger partial charge in [0, 0.05) is 45.3 Å². The average Bonchev–Trinajstić information content (AvgIpc) is 3.28. The summed E-state index contributed by atoms with van der Waals surface area (Å²) in [4.78, 5) is 25.1. The van der Waals surface area contributed by atoms with Crippen LogP contribution in [0.1, 0.15) is 23.3 Å². The third-order valence-electron chi connectivity index (χ3n) is 4.35. The summed E-state index contributed by atoms with van der Waals surface area (Å²) in [6.45, 7) is 1.34. The quantitative estimate of drug-likeness (QED) is 0.787. The third-order valence-corrected chi connectivity index (χ3v) is 6.21. The summed E-state index contributed by atoms with van der Waals surface area (Å²) in [5, 5.41) is 0. The highest BCUT2D eigenvalue weighted by molar-refractivity contribution is 7.89. The van der Waals surface area contributed by atoms with Crippen LogP contribution in [0, 0.1) is 5.92 Å². The molecule has 1 saturated carbocycles. The number of sulfonamides is 1. The van der Waals surface area contributed by atoms with E-state index < -0.39 is 15.9 Å². The molecule has 2 N–H and O–H groups in total. The van der Waals surface area contributed by atoms with Gasteiger partial charge in [-0.05, 0) is 18.9 Å². The molecule has 0 aromatic carbocycles. The molecule has 1 saturated heterocycles. The number of amides is 2. The number of rotatable bonds is 4. The number of aryl methyl sites for hydroxylation is 1. The maximum atomic E-state index is 12.7. The van der Waals surface area contributed by atoms with Crippen LogP contribution in [-0.4, -0.2) is 60.2 Å². The van der Waals surface area contributed by atoms with Gasteiger partial charge >= 0.3 is 0 Å². The predicted octanol–water partition coefficient (Wildman–Crippen LogP) is -0.633. The zero-order valence-corrected chi connectivity index (χ0v) is 13.8. The molecule has 1 aliphatic carbocycles. The molecule has 1 aromatic heterocycles. The van der Waals surface area contributed by atoms with E-state index in [-0.39, 0.29) is 35.5 Å². The fourth-order valence-electron chi connectivity index (χ4n) is 2.81. The maximum Gasteiger partial charge on any atom is 0.265 e. The molecule has 0 spiro atoms. The molecule has 0 unspecified atom stereocenters. The molecule has 9 heteroatoms. The highest BCUT2D eigenvalue weighted by Gasteiger charge is 2.37. The van der Waals surface area contributed by atoms with E-state index in [0.717, 1.165) is 12.8 Å². The standard InChI is InChI=1S/C14H20N4O4S/c1-16-9-11(8-12(16)13(15)19)23(21,22)18-6-4-17(5-7-18)14(20)10-2-3-10/h8-10H,2-7H2,1H3,(H2,15,19). The number of hydrogen-bond acceptors (Lipinski definition) is 4. The van der Waals surface area contributed by atoms with Crippen molar-refractivity contribution < 1.29 is 18.0 Å². The molecule has 2 amide bonds. The number of carbonyl (C=O) groups excluding carboxylic acids is 2. The number of hydrogen-bond donors (Lipinski definition) is 1. The lowest BCUT2D eigenvalue weighted by molar-refractivity contribution is -0.133. The summed E-state index contributed by atoms with van der Waals surface area (Å²) in [5.41, 5.74) is 5.37. The van der Waals surface area contributed by atoms with Gasteiger partial charge in [0.15, 0.2) is 0 Å². The van der Waals surface area contributed by atoms with Crippen LogP contribution in [-0.2, 0) is 21.9 Å². The number of primary amides is 1. The second-order valence-corrected chi connectivity index (χ2v) is 7.98. The predicted molar refractivity (Wildman–Crippen MR) is 82.0 cm³/mol. The number of nitrogens with two attached hydrogens (primary N) is 1. The lowest BCUT2D eigenvalue weighted by Crippen LogP contribution is -2.50. The number of carbonyl (C=O) groups is 2. The Morgan fingerprint density at radius 2 is 1.78 bits per heavy atom. The van der Waals surface area contributed by atoms with E-state index in [1.165, 1.54) is 21.1 Å². The molecule has 2 aliphatic rings. The van der Waals surface area contributed by atoms with Crippen molar-refractivity contribution in [3.8, 4) is 0 Å². The minimum Gasteiger partial charge on any atom is -0.364 e. The van der Waals surface area contributed by atoms with Crippen LogP contribution in [0.4, 0.5) is 0 Å². The topological polar surface area (TPSA) is 106 Å². The Morgan fingerprint density at radius 1 is 1.17 bits per heavy atom. The second-order valence-electron chi connectivity index (χ2n) is 6.04. The molecule has 3 rings (SSSR count). The summed E-state index contributed by atoms with van der Waals surface area (Å²) in [6.07, 6.45) is 3.27. The highest BCUT2D eigenvalue weighted by Crippen LogP contribution is 2.31. The summed E-state index contributed by atoms with van der Waals surface area (Å²) in [5.74, 6) is -0.392. The van der Waals surface area contributed by atoms with Crippen LogP contribution >= 0.6 is 0 Å². The lowest BCUT2D eigenvalue weighted by Gasteiger charge is -2.33. The van der Waals surface area contributed by atoms with Crippen molar-refractivity contribution in [3.63, 3.8) is 0 Å². The Morgan fingerprint density at radius 3 is 2.26 bits per heavy atom. The fraction of sp³-hybridized carbons (Fsp3) is 0.571. The zero-order valence-electron chi connectivity index (χ0n) is 12.9. The maximum absolute atomic E-state index is 12.7. The van der Waals surface area contributed by atoms with E-state index in [1.54, 1.807) is 11.9 Å². The molecule has 2 heterocycles. The van der Waals surface area contributed by atoms with Crippen LogP contribution in [0.2, 0.25) is 0 Å². The van der Waals surface area contributed by atoms with Crippen molar-refractivity contribution in [1.29, 1.82) is 0 Å². The molecule has 0 radical (unpaired) electrons. The van der Waals surface area contributed by atoms with E-state index in [4.69, 9.17) is 5.73 Å². The third kappa shape index (κ3) is 2.98. The van der Waals surface area contributed by atoms with Crippen LogP contribution in [0.25, 0.3) is 0 Å². The van der Waals surface area contributed by atoms with Gasteiger partial charge in [-0.2, -0.15) is 4.31 Å². The molecule has 8 nitrogen and oxygen atoms in total. The van der Waals surface area contributed by atoms with Crippen molar-refractivity contribution in [2.75, 3.05) is 26.2 Å². The van der Waals surface area contributed by atoms with Crippen LogP contribution in [0.15, 0.2) is 17.2 Å². The second kappa shape index (κ2) is 5.64. The summed E-state index contributed by atoms with van der Waals surface area (Å²) < 4.78 is 28.1. The first kappa shape index (κ1) is 16.0. The van der Waals surface area contributed by atoms with Crippen LogP contribution in [0.3, 0.4) is 0 Å². The molecule has 2 fully saturated rings. The zero-order chi connectivity index (χ0) is 16.8. The Hall–Kier alpha value is -1.87. The first-order valence-electron chi connectivity index (χ1n) is 7.56. The number of nitrogens with zero attached hydrogens (tertiary/aromatic N) is 3. The molecule has 1 aromatic rings. The summed E-state index contributed by atoms with van der Waals surface area (Å²) in [6, 6.07) is 1.29. The molecule has 126 valence electrons. The minimum absolute atomic E-state index is 0.0516. The Balaban J connectivity index is 1.72. The van der Waals surface area contributed by atoms with Crippen LogP contribution < -0.4 is 5.73 Å². The van der Waals surface area contributed by atoms with Gasteiger partial charge in [-0.3, -0.25) is 9.59 Å². The van der Waals surface area contributed by atoms with E-state index in [2.05, 4.69) is 0 Å². The van der Waals surface area contributed by atoms with Gasteiger partial charge in [0.25, 0.3) is 5.91 Å². The molecule has 0 atom stereocenters.